The fourth-order valence-electron chi connectivity index (χ4n) is 3.28. The number of pyridine rings is 1. The normalized spacial score (nSPS) is 17.1. The highest BCUT2D eigenvalue weighted by molar-refractivity contribution is 6.06. The van der Waals surface area contributed by atoms with Crippen molar-refractivity contribution in [2.24, 2.45) is 10.2 Å². The summed E-state index contributed by atoms with van der Waals surface area (Å²) in [5, 5.41) is 12.2. The Labute approximate surface area is 153 Å². The maximum atomic E-state index is 12.9. The molecule has 1 saturated carbocycles. The minimum absolute atomic E-state index is 0.0577. The molecule has 1 aromatic carbocycles. The zero-order chi connectivity index (χ0) is 18.1. The number of nitrogens with one attached hydrogen (secondary N) is 1. The van der Waals surface area contributed by atoms with Crippen LogP contribution in [0.2, 0.25) is 0 Å². The smallest absolute Gasteiger partial charge is 0.252 e. The maximum Gasteiger partial charge on any atom is 0.252 e. The molecule has 132 valence electrons. The molecule has 1 amide bonds. The first-order valence-electron chi connectivity index (χ1n) is 9.17. The lowest BCUT2D eigenvalue weighted by Gasteiger charge is -2.12. The van der Waals surface area contributed by atoms with Gasteiger partial charge in [0.2, 0.25) is 0 Å². The Bertz CT molecular complexity index is 931. The molecule has 1 aliphatic heterocycles. The molecule has 0 radical (unpaired) electrons. The van der Waals surface area contributed by atoms with Crippen molar-refractivity contribution in [3.05, 3.63) is 41.1 Å². The zero-order valence-corrected chi connectivity index (χ0v) is 15.0. The number of nitrogens with zero attached hydrogens (tertiary/aromatic N) is 3. The SMILES string of the molecule is C#CCCC1(CCNC(=O)c2cc(C3CC3)nc3ccc(C)cc23)N=N1. The molecule has 26 heavy (non-hydrogen) atoms. The van der Waals surface area contributed by atoms with Crippen molar-refractivity contribution in [2.45, 2.75) is 50.6 Å². The molecule has 2 aromatic rings. The van der Waals surface area contributed by atoms with Crippen LogP contribution in [0.1, 0.15) is 59.6 Å². The van der Waals surface area contributed by atoms with Gasteiger partial charge in [-0.2, -0.15) is 10.2 Å². The van der Waals surface area contributed by atoms with Crippen LogP contribution >= 0.6 is 0 Å². The van der Waals surface area contributed by atoms with Gasteiger partial charge < -0.3 is 5.32 Å². The molecule has 1 aliphatic carbocycles. The molecule has 2 heterocycles. The summed E-state index contributed by atoms with van der Waals surface area (Å²) in [4.78, 5) is 17.6. The molecular weight excluding hydrogens is 324 g/mol. The van der Waals surface area contributed by atoms with E-state index < -0.39 is 0 Å². The molecule has 0 atom stereocenters. The zero-order valence-electron chi connectivity index (χ0n) is 15.0. The van der Waals surface area contributed by atoms with E-state index in [-0.39, 0.29) is 11.6 Å². The summed E-state index contributed by atoms with van der Waals surface area (Å²) in [7, 11) is 0. The van der Waals surface area contributed by atoms with Crippen LogP contribution in [0.25, 0.3) is 10.9 Å². The van der Waals surface area contributed by atoms with Gasteiger partial charge in [0.1, 0.15) is 0 Å². The number of carbonyl (C=O) groups is 1. The third-order valence-electron chi connectivity index (χ3n) is 5.09. The highest BCUT2D eigenvalue weighted by Gasteiger charge is 2.38. The molecule has 5 heteroatoms. The van der Waals surface area contributed by atoms with E-state index in [2.05, 4.69) is 21.5 Å². The van der Waals surface area contributed by atoms with Gasteiger partial charge in [-0.3, -0.25) is 9.78 Å². The Morgan fingerprint density at radius 1 is 1.31 bits per heavy atom. The molecule has 0 unspecified atom stereocenters. The summed E-state index contributed by atoms with van der Waals surface area (Å²) < 4.78 is 0. The van der Waals surface area contributed by atoms with Gasteiger partial charge in [0.25, 0.3) is 5.91 Å². The fraction of sp³-hybridized carbons (Fsp3) is 0.429. The second-order valence-corrected chi connectivity index (χ2v) is 7.28. The number of hydrogen-bond donors (Lipinski definition) is 1. The average molecular weight is 346 g/mol. The molecule has 5 nitrogen and oxygen atoms in total. The van der Waals surface area contributed by atoms with Crippen LogP contribution in [0, 0.1) is 19.3 Å². The standard InChI is InChI=1S/C21H22N4O/c1-3-4-9-21(24-25-21)10-11-22-20(26)17-13-19(15-6-7-15)23-18-8-5-14(2)12-16(17)18/h1,5,8,12-13,15H,4,6-7,9-11H2,2H3,(H,22,26). The summed E-state index contributed by atoms with van der Waals surface area (Å²) in [6.07, 6.45) is 9.73. The number of benzene rings is 1. The Morgan fingerprint density at radius 2 is 2.12 bits per heavy atom. The number of aromatic nitrogens is 1. The summed E-state index contributed by atoms with van der Waals surface area (Å²) in [5.41, 5.74) is 3.39. The molecule has 0 saturated heterocycles. The van der Waals surface area contributed by atoms with Gasteiger partial charge in [-0.15, -0.1) is 12.3 Å². The predicted octanol–water partition coefficient (Wildman–Crippen LogP) is 4.12. The van der Waals surface area contributed by atoms with Gasteiger partial charge in [-0.1, -0.05) is 11.6 Å². The Balaban J connectivity index is 1.50. The van der Waals surface area contributed by atoms with E-state index in [1.807, 2.05) is 31.2 Å². The van der Waals surface area contributed by atoms with Crippen molar-refractivity contribution in [1.82, 2.24) is 10.3 Å². The van der Waals surface area contributed by atoms with Crippen LogP contribution in [0.4, 0.5) is 0 Å². The number of fused-ring (bicyclic) bond motifs is 1. The van der Waals surface area contributed by atoms with E-state index in [1.165, 1.54) is 0 Å². The summed E-state index contributed by atoms with van der Waals surface area (Å²) in [5.74, 6) is 3.07. The van der Waals surface area contributed by atoms with Crippen LogP contribution in [0.15, 0.2) is 34.5 Å². The Hall–Kier alpha value is -2.74. The second-order valence-electron chi connectivity index (χ2n) is 7.28. The van der Waals surface area contributed by atoms with E-state index in [0.717, 1.165) is 41.4 Å². The van der Waals surface area contributed by atoms with Gasteiger partial charge in [-0.25, -0.2) is 0 Å². The quantitative estimate of drug-likeness (QED) is 0.767. The van der Waals surface area contributed by atoms with Crippen LogP contribution in [-0.2, 0) is 0 Å². The first-order valence-corrected chi connectivity index (χ1v) is 9.17. The lowest BCUT2D eigenvalue weighted by molar-refractivity contribution is 0.0953. The van der Waals surface area contributed by atoms with Crippen molar-refractivity contribution >= 4 is 16.8 Å². The van der Waals surface area contributed by atoms with E-state index in [0.29, 0.717) is 30.9 Å². The molecule has 1 N–H and O–H groups in total. The number of amides is 1. The maximum absolute atomic E-state index is 12.9. The van der Waals surface area contributed by atoms with E-state index >= 15 is 0 Å². The highest BCUT2D eigenvalue weighted by Crippen LogP contribution is 2.40. The van der Waals surface area contributed by atoms with Gasteiger partial charge >= 0.3 is 0 Å². The third-order valence-corrected chi connectivity index (χ3v) is 5.09. The minimum Gasteiger partial charge on any atom is -0.352 e. The van der Waals surface area contributed by atoms with Crippen LogP contribution in [0.3, 0.4) is 0 Å². The van der Waals surface area contributed by atoms with Gasteiger partial charge in [0.15, 0.2) is 5.66 Å². The first-order chi connectivity index (χ1) is 12.6. The predicted molar refractivity (Wildman–Crippen MR) is 101 cm³/mol. The number of carbonyl (C=O) groups excluding carboxylic acids is 1. The molecule has 0 spiro atoms. The number of rotatable bonds is 7. The van der Waals surface area contributed by atoms with Crippen LogP contribution < -0.4 is 5.32 Å². The highest BCUT2D eigenvalue weighted by atomic mass is 16.1. The molecule has 2 aliphatic rings. The summed E-state index contributed by atoms with van der Waals surface area (Å²) in [6, 6.07) is 8.05. The van der Waals surface area contributed by atoms with E-state index in [1.54, 1.807) is 0 Å². The van der Waals surface area contributed by atoms with Gasteiger partial charge in [0, 0.05) is 42.8 Å². The lowest BCUT2D eigenvalue weighted by Crippen LogP contribution is -2.28. The van der Waals surface area contributed by atoms with Crippen molar-refractivity contribution in [1.29, 1.82) is 0 Å². The van der Waals surface area contributed by atoms with Crippen molar-refractivity contribution in [3.8, 4) is 12.3 Å². The Morgan fingerprint density at radius 3 is 2.81 bits per heavy atom. The van der Waals surface area contributed by atoms with Crippen LogP contribution in [-0.4, -0.2) is 23.1 Å². The number of aryl methyl sites for hydroxylation is 1. The van der Waals surface area contributed by atoms with Crippen molar-refractivity contribution in [3.63, 3.8) is 0 Å². The topological polar surface area (TPSA) is 66.7 Å². The lowest BCUT2D eigenvalue weighted by atomic mass is 10.0. The van der Waals surface area contributed by atoms with Gasteiger partial charge in [-0.05, 0) is 38.0 Å². The Kier molecular flexibility index (Phi) is 4.20. The molecule has 1 aromatic heterocycles. The molecular formula is C21H22N4O. The number of terminal acetylenes is 1. The summed E-state index contributed by atoms with van der Waals surface area (Å²) in [6.45, 7) is 2.56. The second kappa shape index (κ2) is 6.53. The van der Waals surface area contributed by atoms with E-state index in [9.17, 15) is 4.79 Å². The summed E-state index contributed by atoms with van der Waals surface area (Å²) >= 11 is 0. The average Bonchev–Trinajstić information content (AvgIpc) is 3.54. The van der Waals surface area contributed by atoms with E-state index in [4.69, 9.17) is 11.4 Å². The molecule has 0 bridgehead atoms. The minimum atomic E-state index is -0.365. The first kappa shape index (κ1) is 16.7. The van der Waals surface area contributed by atoms with Crippen molar-refractivity contribution < 1.29 is 4.79 Å². The van der Waals surface area contributed by atoms with Gasteiger partial charge in [0.05, 0.1) is 11.1 Å². The third kappa shape index (κ3) is 3.45. The number of hydrogen-bond acceptors (Lipinski definition) is 4. The van der Waals surface area contributed by atoms with Crippen molar-refractivity contribution in [2.75, 3.05) is 6.54 Å². The monoisotopic (exact) mass is 346 g/mol. The molecule has 4 rings (SSSR count). The van der Waals surface area contributed by atoms with Crippen LogP contribution in [0.5, 0.6) is 0 Å². The largest absolute Gasteiger partial charge is 0.352 e. The fourth-order valence-corrected chi connectivity index (χ4v) is 3.28. The molecule has 1 fully saturated rings.